The second-order valence-corrected chi connectivity index (χ2v) is 2.42. The maximum atomic E-state index is 8.61. The SMILES string of the molecule is [CH]CNC(C)(C)CO. The Hall–Kier alpha value is -0.0800. The van der Waals surface area contributed by atoms with E-state index >= 15 is 0 Å². The maximum Gasteiger partial charge on any atom is 0.0607 e. The van der Waals surface area contributed by atoms with Gasteiger partial charge >= 0.3 is 0 Å². The lowest BCUT2D eigenvalue weighted by Gasteiger charge is -2.21. The molecule has 0 spiro atoms. The monoisotopic (exact) mass is 115 g/mol. The van der Waals surface area contributed by atoms with Crippen LogP contribution in [0, 0.1) is 6.92 Å². The summed E-state index contributed by atoms with van der Waals surface area (Å²) in [5.74, 6) is 0. The van der Waals surface area contributed by atoms with Crippen molar-refractivity contribution >= 4 is 0 Å². The summed E-state index contributed by atoms with van der Waals surface area (Å²) in [5, 5.41) is 11.5. The van der Waals surface area contributed by atoms with Gasteiger partial charge in [0.25, 0.3) is 0 Å². The van der Waals surface area contributed by atoms with Crippen LogP contribution in [-0.2, 0) is 0 Å². The Labute approximate surface area is 50.9 Å². The average Bonchev–Trinajstić information content (AvgIpc) is 1.67. The first-order chi connectivity index (χ1) is 3.62. The summed E-state index contributed by atoms with van der Waals surface area (Å²) in [6.45, 7) is 9.47. The highest BCUT2D eigenvalue weighted by atomic mass is 16.3. The molecule has 2 nitrogen and oxygen atoms in total. The molecular weight excluding hydrogens is 102 g/mol. The Balaban J connectivity index is 3.37. The minimum Gasteiger partial charge on any atom is -0.394 e. The standard InChI is InChI=1S/C6H13NO/c1-4-7-6(2,3)5-8/h1,7-8H,4-5H2,2-3H3. The van der Waals surface area contributed by atoms with Gasteiger partial charge in [-0.2, -0.15) is 0 Å². The summed E-state index contributed by atoms with van der Waals surface area (Å²) < 4.78 is 0. The smallest absolute Gasteiger partial charge is 0.0607 e. The van der Waals surface area contributed by atoms with E-state index < -0.39 is 0 Å². The van der Waals surface area contributed by atoms with Crippen molar-refractivity contribution in [2.75, 3.05) is 13.2 Å². The molecule has 0 aliphatic rings. The maximum absolute atomic E-state index is 8.61. The molecule has 0 rings (SSSR count). The first-order valence-corrected chi connectivity index (χ1v) is 2.68. The van der Waals surface area contributed by atoms with Gasteiger partial charge < -0.3 is 10.4 Å². The molecule has 2 N–H and O–H groups in total. The zero-order valence-corrected chi connectivity index (χ0v) is 5.44. The molecule has 0 atom stereocenters. The van der Waals surface area contributed by atoms with Crippen LogP contribution in [0.1, 0.15) is 13.8 Å². The van der Waals surface area contributed by atoms with E-state index in [9.17, 15) is 0 Å². The molecule has 0 aliphatic heterocycles. The predicted molar refractivity (Wildman–Crippen MR) is 33.5 cm³/mol. The Morgan fingerprint density at radius 3 is 2.25 bits per heavy atom. The number of hydrogen-bond acceptors (Lipinski definition) is 2. The van der Waals surface area contributed by atoms with E-state index in [1.165, 1.54) is 0 Å². The number of aliphatic hydroxyl groups is 1. The Morgan fingerprint density at radius 1 is 1.62 bits per heavy atom. The fourth-order valence-corrected chi connectivity index (χ4v) is 0.332. The number of hydrogen-bond donors (Lipinski definition) is 2. The lowest BCUT2D eigenvalue weighted by atomic mass is 10.1. The fourth-order valence-electron chi connectivity index (χ4n) is 0.332. The molecule has 0 aromatic heterocycles. The molecular formula is C6H13NO. The van der Waals surface area contributed by atoms with E-state index in [0.717, 1.165) is 0 Å². The van der Waals surface area contributed by atoms with Crippen LogP contribution in [0.5, 0.6) is 0 Å². The van der Waals surface area contributed by atoms with Gasteiger partial charge in [-0.1, -0.05) is 0 Å². The molecule has 8 heavy (non-hydrogen) atoms. The second kappa shape index (κ2) is 3.05. The fraction of sp³-hybridized carbons (Fsp3) is 0.833. The van der Waals surface area contributed by atoms with Gasteiger partial charge in [-0.05, 0) is 27.3 Å². The van der Waals surface area contributed by atoms with Crippen molar-refractivity contribution in [2.24, 2.45) is 0 Å². The summed E-state index contributed by atoms with van der Waals surface area (Å²) in [5.41, 5.74) is -0.227. The Bertz CT molecular complexity index is 61.5. The van der Waals surface area contributed by atoms with Gasteiger partial charge in [-0.3, -0.25) is 0 Å². The van der Waals surface area contributed by atoms with Gasteiger partial charge in [0.1, 0.15) is 0 Å². The molecule has 0 saturated heterocycles. The third-order valence-corrected chi connectivity index (χ3v) is 0.976. The van der Waals surface area contributed by atoms with Crippen LogP contribution in [0.4, 0.5) is 0 Å². The largest absolute Gasteiger partial charge is 0.394 e. The van der Waals surface area contributed by atoms with Crippen molar-refractivity contribution in [1.82, 2.24) is 5.32 Å². The van der Waals surface area contributed by atoms with Crippen LogP contribution in [-0.4, -0.2) is 23.8 Å². The molecule has 48 valence electrons. The lowest BCUT2D eigenvalue weighted by molar-refractivity contribution is 0.192. The molecule has 0 aliphatic carbocycles. The highest BCUT2D eigenvalue weighted by Gasteiger charge is 2.12. The summed E-state index contributed by atoms with van der Waals surface area (Å²) in [6, 6.07) is 0. The molecule has 0 amide bonds. The van der Waals surface area contributed by atoms with Crippen molar-refractivity contribution in [3.05, 3.63) is 6.92 Å². The first kappa shape index (κ1) is 7.92. The van der Waals surface area contributed by atoms with Gasteiger partial charge in [-0.25, -0.2) is 0 Å². The van der Waals surface area contributed by atoms with E-state index in [1.54, 1.807) is 0 Å². The zero-order chi connectivity index (χ0) is 6.62. The highest BCUT2D eigenvalue weighted by Crippen LogP contribution is 1.97. The number of nitrogens with one attached hydrogen (secondary N) is 1. The quantitative estimate of drug-likeness (QED) is 0.545. The van der Waals surface area contributed by atoms with E-state index in [-0.39, 0.29) is 12.1 Å². The first-order valence-electron chi connectivity index (χ1n) is 2.68. The molecule has 0 aromatic rings. The summed E-state index contributed by atoms with van der Waals surface area (Å²) in [4.78, 5) is 0. The number of rotatable bonds is 3. The van der Waals surface area contributed by atoms with Gasteiger partial charge in [-0.15, -0.1) is 0 Å². The molecule has 0 unspecified atom stereocenters. The molecule has 0 aromatic carbocycles. The van der Waals surface area contributed by atoms with E-state index in [4.69, 9.17) is 12.0 Å². The average molecular weight is 115 g/mol. The molecule has 0 fully saturated rings. The summed E-state index contributed by atoms with van der Waals surface area (Å²) in [6.07, 6.45) is 0. The van der Waals surface area contributed by atoms with Crippen LogP contribution < -0.4 is 5.32 Å². The van der Waals surface area contributed by atoms with E-state index in [0.29, 0.717) is 6.54 Å². The molecule has 2 heteroatoms. The van der Waals surface area contributed by atoms with Crippen LogP contribution >= 0.6 is 0 Å². The predicted octanol–water partition coefficient (Wildman–Crippen LogP) is 0.0580. The normalized spacial score (nSPS) is 12.0. The molecule has 0 saturated carbocycles. The number of aliphatic hydroxyl groups excluding tert-OH is 1. The van der Waals surface area contributed by atoms with Gasteiger partial charge in [0.15, 0.2) is 0 Å². The highest BCUT2D eigenvalue weighted by molar-refractivity contribution is 4.75. The van der Waals surface area contributed by atoms with Crippen LogP contribution in [0.15, 0.2) is 0 Å². The van der Waals surface area contributed by atoms with Crippen molar-refractivity contribution in [3.63, 3.8) is 0 Å². The Kier molecular flexibility index (Phi) is 3.02. The van der Waals surface area contributed by atoms with Gasteiger partial charge in [0.2, 0.25) is 0 Å². The topological polar surface area (TPSA) is 32.3 Å². The van der Waals surface area contributed by atoms with Crippen molar-refractivity contribution in [1.29, 1.82) is 0 Å². The minimum absolute atomic E-state index is 0.115. The second-order valence-electron chi connectivity index (χ2n) is 2.42. The van der Waals surface area contributed by atoms with Crippen molar-refractivity contribution < 1.29 is 5.11 Å². The molecule has 0 heterocycles. The molecule has 2 radical (unpaired) electrons. The van der Waals surface area contributed by atoms with Crippen LogP contribution in [0.2, 0.25) is 0 Å². The summed E-state index contributed by atoms with van der Waals surface area (Å²) >= 11 is 0. The van der Waals surface area contributed by atoms with Gasteiger partial charge in [0, 0.05) is 5.54 Å². The van der Waals surface area contributed by atoms with Crippen molar-refractivity contribution in [2.45, 2.75) is 19.4 Å². The zero-order valence-electron chi connectivity index (χ0n) is 5.44. The van der Waals surface area contributed by atoms with Gasteiger partial charge in [0.05, 0.1) is 6.61 Å². The van der Waals surface area contributed by atoms with Crippen molar-refractivity contribution in [3.8, 4) is 0 Å². The van der Waals surface area contributed by atoms with Crippen LogP contribution in [0.3, 0.4) is 0 Å². The van der Waals surface area contributed by atoms with Crippen LogP contribution in [0.25, 0.3) is 0 Å². The minimum atomic E-state index is -0.227. The molecule has 0 bridgehead atoms. The third-order valence-electron chi connectivity index (χ3n) is 0.976. The third kappa shape index (κ3) is 2.99. The van der Waals surface area contributed by atoms with E-state index in [1.807, 2.05) is 13.8 Å². The van der Waals surface area contributed by atoms with E-state index in [2.05, 4.69) is 5.32 Å². The summed E-state index contributed by atoms with van der Waals surface area (Å²) in [7, 11) is 0. The Morgan fingerprint density at radius 2 is 2.12 bits per heavy atom. The lowest BCUT2D eigenvalue weighted by Crippen LogP contribution is -2.42.